The number of nitrogens with one attached hydrogen (secondary N) is 10. The number of aromatic nitrogens is 1. The number of urea groups is 1. The highest BCUT2D eigenvalue weighted by atomic mass is 32.2. The third kappa shape index (κ3) is 21.3. The van der Waals surface area contributed by atoms with Crippen LogP contribution in [0.25, 0.3) is 10.9 Å². The van der Waals surface area contributed by atoms with Gasteiger partial charge in [0.1, 0.15) is 36.3 Å². The number of benzene rings is 1. The molecule has 0 aliphatic rings. The van der Waals surface area contributed by atoms with Crippen LogP contribution in [0.5, 0.6) is 0 Å². The second kappa shape index (κ2) is 32.9. The van der Waals surface area contributed by atoms with Gasteiger partial charge in [-0.25, -0.2) is 4.79 Å². The van der Waals surface area contributed by atoms with Gasteiger partial charge in [0.2, 0.25) is 41.4 Å². The number of fused-ring (bicyclic) bond motifs is 1. The number of thioether (sulfide) groups is 3. The monoisotopic (exact) mass is 1110 g/mol. The highest BCUT2D eigenvalue weighted by molar-refractivity contribution is 7.99. The molecule has 0 saturated carbocycles. The minimum Gasteiger partial charge on any atom is -0.394 e. The van der Waals surface area contributed by atoms with Gasteiger partial charge in [-0.2, -0.15) is 35.3 Å². The summed E-state index contributed by atoms with van der Waals surface area (Å²) in [6, 6.07) is -3.24. The van der Waals surface area contributed by atoms with Gasteiger partial charge in [0, 0.05) is 39.8 Å². The number of ketones is 1. The van der Waals surface area contributed by atoms with E-state index < -0.39 is 131 Å². The van der Waals surface area contributed by atoms with Crippen molar-refractivity contribution in [3.63, 3.8) is 0 Å². The molecule has 75 heavy (non-hydrogen) atoms. The molecular weight excluding hydrogens is 1030 g/mol. The van der Waals surface area contributed by atoms with Crippen LogP contribution in [0.3, 0.4) is 0 Å². The van der Waals surface area contributed by atoms with E-state index >= 15 is 0 Å². The van der Waals surface area contributed by atoms with Gasteiger partial charge in [0.05, 0.1) is 25.2 Å². The van der Waals surface area contributed by atoms with E-state index in [2.05, 4.69) is 52.8 Å². The summed E-state index contributed by atoms with van der Waals surface area (Å²) in [5, 5.41) is 32.6. The van der Waals surface area contributed by atoms with Gasteiger partial charge in [-0.3, -0.25) is 48.5 Å². The molecule has 0 bridgehead atoms. The molecule has 1 aromatic carbocycles. The van der Waals surface area contributed by atoms with Crippen LogP contribution < -0.4 is 53.6 Å². The molecule has 0 aliphatic carbocycles. The first-order chi connectivity index (χ1) is 35.3. The molecule has 2 rings (SSSR count). The number of imide groups is 1. The maximum Gasteiger partial charge on any atom is 0.322 e. The first-order valence-electron chi connectivity index (χ1n) is 25.1. The van der Waals surface area contributed by atoms with Crippen molar-refractivity contribution in [3.05, 3.63) is 36.0 Å². The molecule has 0 aliphatic heterocycles. The molecule has 1 heterocycles. The summed E-state index contributed by atoms with van der Waals surface area (Å²) in [4.78, 5) is 138. The van der Waals surface area contributed by atoms with Crippen molar-refractivity contribution in [2.45, 2.75) is 147 Å². The second-order valence-electron chi connectivity index (χ2n) is 19.1. The number of hydrogen-bond acceptors (Lipinski definition) is 15. The Kier molecular flexibility index (Phi) is 28.9. The smallest absolute Gasteiger partial charge is 0.322 e. The Labute approximate surface area is 453 Å². The second-order valence-corrected chi connectivity index (χ2v) is 22.9. The third-order valence-electron chi connectivity index (χ3n) is 12.4. The van der Waals surface area contributed by atoms with Crippen LogP contribution in [-0.2, 0) is 49.6 Å². The molecule has 0 fully saturated rings. The summed E-state index contributed by atoms with van der Waals surface area (Å²) in [5.41, 5.74) is 7.26. The zero-order valence-electron chi connectivity index (χ0n) is 45.2. The number of nitrogens with two attached hydrogens (primary N) is 1. The van der Waals surface area contributed by atoms with E-state index in [-0.39, 0.29) is 36.2 Å². The SMILES string of the molecule is CCSC[C@H](N)C(=O)N[C@@H](CO)C(=O)NCC(=O)N[C@@H](Cc1c[nH]c2ccccc12)C(=O)N[C@H](C(=O)NC(=O)N[C@@H](C(=O)N[C@@H](CC(C)C)C(=O)N[C@@H](C(=O)N[C@H](C(C)=O)C(C)CC)[C@H](C)SC)[C@H](C)SC)C(C)C. The van der Waals surface area contributed by atoms with E-state index in [4.69, 9.17) is 5.73 Å². The molecule has 1 aromatic heterocycles. The summed E-state index contributed by atoms with van der Waals surface area (Å²) in [5.74, 6) is -6.26. The number of para-hydroxylation sites is 1. The average Bonchev–Trinajstić information content (AvgIpc) is 3.78. The lowest BCUT2D eigenvalue weighted by molar-refractivity contribution is -0.134. The lowest BCUT2D eigenvalue weighted by Crippen LogP contribution is -2.62. The minimum absolute atomic E-state index is 0.0896. The van der Waals surface area contributed by atoms with Crippen molar-refractivity contribution in [1.82, 2.24) is 52.8 Å². The predicted octanol–water partition coefficient (Wildman–Crippen LogP) is 0.843. The van der Waals surface area contributed by atoms with Crippen molar-refractivity contribution in [2.24, 2.45) is 23.5 Å². The van der Waals surface area contributed by atoms with Crippen molar-refractivity contribution in [2.75, 3.05) is 37.2 Å². The van der Waals surface area contributed by atoms with E-state index in [1.165, 1.54) is 42.2 Å². The molecular formula is C50H81N11O11S3. The first kappa shape index (κ1) is 65.7. The van der Waals surface area contributed by atoms with Crippen LogP contribution in [0.4, 0.5) is 4.79 Å². The Morgan fingerprint density at radius 2 is 1.21 bits per heavy atom. The topological polar surface area (TPSA) is 341 Å². The van der Waals surface area contributed by atoms with Gasteiger partial charge in [-0.15, -0.1) is 0 Å². The Bertz CT molecular complexity index is 2270. The summed E-state index contributed by atoms with van der Waals surface area (Å²) < 4.78 is 0. The summed E-state index contributed by atoms with van der Waals surface area (Å²) >= 11 is 3.97. The predicted molar refractivity (Wildman–Crippen MR) is 296 cm³/mol. The third-order valence-corrected chi connectivity index (χ3v) is 15.5. The molecule has 0 spiro atoms. The van der Waals surface area contributed by atoms with Gasteiger partial charge >= 0.3 is 6.03 Å². The Morgan fingerprint density at radius 1 is 0.653 bits per heavy atom. The summed E-state index contributed by atoms with van der Waals surface area (Å²) in [6.07, 6.45) is 5.83. The van der Waals surface area contributed by atoms with E-state index in [1.54, 1.807) is 52.5 Å². The highest BCUT2D eigenvalue weighted by Crippen LogP contribution is 2.20. The molecule has 0 radical (unpaired) electrons. The summed E-state index contributed by atoms with van der Waals surface area (Å²) in [7, 11) is 0. The maximum atomic E-state index is 14.2. The molecule has 22 nitrogen and oxygen atoms in total. The normalized spacial score (nSPS) is 15.8. The minimum atomic E-state index is -1.42. The molecule has 13 N–H and O–H groups in total. The number of H-pyrrole nitrogens is 1. The van der Waals surface area contributed by atoms with E-state index in [0.29, 0.717) is 17.7 Å². The number of amides is 10. The zero-order chi connectivity index (χ0) is 56.7. The molecule has 420 valence electrons. The number of hydrogen-bond donors (Lipinski definition) is 12. The zero-order valence-corrected chi connectivity index (χ0v) is 47.6. The fraction of sp³-hybridized carbons (Fsp3) is 0.640. The van der Waals surface area contributed by atoms with Crippen LogP contribution >= 0.6 is 35.3 Å². The van der Waals surface area contributed by atoms with Gasteiger partial charge in [-0.1, -0.05) is 86.9 Å². The van der Waals surface area contributed by atoms with Crippen molar-refractivity contribution >= 4 is 105 Å². The lowest BCUT2D eigenvalue weighted by Gasteiger charge is -2.30. The van der Waals surface area contributed by atoms with Crippen LogP contribution in [0, 0.1) is 17.8 Å². The molecule has 2 aromatic rings. The Morgan fingerprint density at radius 3 is 1.77 bits per heavy atom. The number of carbonyl (C=O) groups excluding carboxylic acids is 10. The van der Waals surface area contributed by atoms with Crippen LogP contribution in [0.1, 0.15) is 87.6 Å². The fourth-order valence-electron chi connectivity index (χ4n) is 7.62. The standard InChI is InChI=1S/C50H81N11O11S3/c1-13-27(7)40(28(8)63)58-49(71)41(29(9)73-11)59-45(67)35(19-25(3)4)55-48(70)42(30(10)74-12)60-50(72)61-47(69)39(26(5)6)57-46(68)36(20-31-21-52-34-18-16-15-17-32(31)34)54-38(64)22-53-44(66)37(23-62)56-43(65)33(51)24-75-14-2/h15-18,21,25-27,29-30,33,35-37,39-42,52,62H,13-14,19-20,22-24,51H2,1-12H3,(H,53,66)(H,54,64)(H,55,70)(H,56,65)(H,57,68)(H,58,71)(H,59,67)(H2,60,61,69,72)/t27?,29-,30-,33-,35-,36-,37-,39-,40-,41+,42+/m0/s1. The molecule has 1 unspecified atom stereocenters. The number of aliphatic hydroxyl groups is 1. The van der Waals surface area contributed by atoms with E-state index in [1.807, 2.05) is 52.8 Å². The number of aliphatic hydroxyl groups excluding tert-OH is 1. The van der Waals surface area contributed by atoms with Gasteiger partial charge < -0.3 is 58.4 Å². The first-order valence-corrected chi connectivity index (χ1v) is 28.8. The number of carbonyl (C=O) groups is 10. The largest absolute Gasteiger partial charge is 0.394 e. The molecule has 0 saturated heterocycles. The van der Waals surface area contributed by atoms with Crippen LogP contribution in [-0.4, -0.2) is 165 Å². The lowest BCUT2D eigenvalue weighted by atomic mass is 9.95. The van der Waals surface area contributed by atoms with Gasteiger partial charge in [-0.05, 0) is 61.0 Å². The van der Waals surface area contributed by atoms with Crippen molar-refractivity contribution in [1.29, 1.82) is 0 Å². The van der Waals surface area contributed by atoms with Crippen molar-refractivity contribution < 1.29 is 53.1 Å². The quantitative estimate of drug-likeness (QED) is 0.0483. The molecule has 10 amide bonds. The maximum absolute atomic E-state index is 14.2. The fourth-order valence-corrected chi connectivity index (χ4v) is 9.19. The number of aromatic amines is 1. The molecule has 11 atom stereocenters. The average molecular weight is 1110 g/mol. The Hall–Kier alpha value is -5.37. The molecule has 25 heteroatoms. The van der Waals surface area contributed by atoms with E-state index in [9.17, 15) is 53.1 Å². The van der Waals surface area contributed by atoms with E-state index in [0.717, 1.165) is 10.9 Å². The highest BCUT2D eigenvalue weighted by Gasteiger charge is 2.37. The van der Waals surface area contributed by atoms with Crippen LogP contribution in [0.2, 0.25) is 0 Å². The number of Topliss-reactive ketones (excluding diaryl/α,β-unsaturated/α-hetero) is 1. The van der Waals surface area contributed by atoms with Crippen molar-refractivity contribution in [3.8, 4) is 0 Å². The van der Waals surface area contributed by atoms with Gasteiger partial charge in [0.25, 0.3) is 5.91 Å². The Balaban J connectivity index is 2.31. The van der Waals surface area contributed by atoms with Gasteiger partial charge in [0.15, 0.2) is 5.78 Å². The summed E-state index contributed by atoms with van der Waals surface area (Å²) in [6.45, 7) is 15.9. The number of rotatable bonds is 32. The van der Waals surface area contributed by atoms with Crippen LogP contribution in [0.15, 0.2) is 30.5 Å².